The maximum atomic E-state index is 5.61. The van der Waals surface area contributed by atoms with E-state index >= 15 is 0 Å². The molecule has 2 heterocycles. The van der Waals surface area contributed by atoms with Gasteiger partial charge in [-0.15, -0.1) is 0 Å². The Kier molecular flexibility index (Phi) is 4.08. The normalized spacial score (nSPS) is 18.9. The maximum Gasteiger partial charge on any atom is 0.226 e. The molecule has 0 aliphatic carbocycles. The average molecular weight is 266 g/mol. The summed E-state index contributed by atoms with van der Waals surface area (Å²) >= 11 is 4.96. The molecule has 1 aromatic rings. The van der Waals surface area contributed by atoms with Gasteiger partial charge >= 0.3 is 0 Å². The first-order chi connectivity index (χ1) is 8.56. The molecule has 1 saturated heterocycles. The number of aryl methyl sites for hydroxylation is 1. The largest absolute Gasteiger partial charge is 0.388 e. The highest BCUT2D eigenvalue weighted by Crippen LogP contribution is 2.16. The summed E-state index contributed by atoms with van der Waals surface area (Å²) in [6.07, 6.45) is 2.50. The van der Waals surface area contributed by atoms with Gasteiger partial charge in [0.25, 0.3) is 0 Å². The second-order valence-corrected chi connectivity index (χ2v) is 5.01. The number of aromatic nitrogens is 2. The number of nitrogens with two attached hydrogens (primary N) is 1. The Hall–Kier alpha value is -1.27. The molecule has 2 rings (SSSR count). The molecule has 1 aromatic heterocycles. The van der Waals surface area contributed by atoms with Gasteiger partial charge in [0.05, 0.1) is 6.10 Å². The van der Waals surface area contributed by atoms with Crippen molar-refractivity contribution in [3.05, 3.63) is 17.5 Å². The van der Waals surface area contributed by atoms with Gasteiger partial charge in [-0.3, -0.25) is 0 Å². The molecular formula is C12H18N4OS. The van der Waals surface area contributed by atoms with Gasteiger partial charge in [-0.1, -0.05) is 12.2 Å². The van der Waals surface area contributed by atoms with Crippen molar-refractivity contribution < 1.29 is 4.74 Å². The van der Waals surface area contributed by atoms with Crippen molar-refractivity contribution in [1.82, 2.24) is 9.97 Å². The summed E-state index contributed by atoms with van der Waals surface area (Å²) in [4.78, 5) is 11.1. The second kappa shape index (κ2) is 5.58. The van der Waals surface area contributed by atoms with Crippen molar-refractivity contribution in [1.29, 1.82) is 0 Å². The summed E-state index contributed by atoms with van der Waals surface area (Å²) in [6, 6.07) is 1.80. The molecule has 1 fully saturated rings. The van der Waals surface area contributed by atoms with Crippen LogP contribution < -0.4 is 10.6 Å². The third kappa shape index (κ3) is 3.14. The van der Waals surface area contributed by atoms with E-state index in [1.165, 1.54) is 0 Å². The van der Waals surface area contributed by atoms with Crippen LogP contribution in [0.25, 0.3) is 0 Å². The third-order valence-electron chi connectivity index (χ3n) is 2.94. The van der Waals surface area contributed by atoms with E-state index in [-0.39, 0.29) is 6.10 Å². The number of likely N-dealkylation sites (N-methyl/N-ethyl adjacent to an activating group) is 1. The Morgan fingerprint density at radius 1 is 1.61 bits per heavy atom. The Morgan fingerprint density at radius 2 is 2.39 bits per heavy atom. The van der Waals surface area contributed by atoms with Crippen LogP contribution in [0.1, 0.15) is 24.2 Å². The zero-order chi connectivity index (χ0) is 13.1. The highest BCUT2D eigenvalue weighted by atomic mass is 32.1. The van der Waals surface area contributed by atoms with E-state index in [0.29, 0.717) is 16.6 Å². The first kappa shape index (κ1) is 13.2. The molecule has 98 valence electrons. The van der Waals surface area contributed by atoms with E-state index < -0.39 is 0 Å². The molecule has 0 aromatic carbocycles. The number of thiocarbonyl (C=S) groups is 1. The molecule has 0 amide bonds. The first-order valence-electron chi connectivity index (χ1n) is 6.04. The quantitative estimate of drug-likeness (QED) is 0.821. The minimum Gasteiger partial charge on any atom is -0.388 e. The fourth-order valence-corrected chi connectivity index (χ4v) is 2.13. The summed E-state index contributed by atoms with van der Waals surface area (Å²) in [5.74, 6) is 0.647. The van der Waals surface area contributed by atoms with Crippen LogP contribution in [-0.4, -0.2) is 41.3 Å². The number of anilines is 1. The molecule has 1 aliphatic heterocycles. The van der Waals surface area contributed by atoms with Crippen LogP contribution in [0.3, 0.4) is 0 Å². The van der Waals surface area contributed by atoms with E-state index in [1.807, 2.05) is 18.9 Å². The SMILES string of the molecule is Cc1cc(C(N)=S)nc(N(C)CC2CCCO2)n1. The fraction of sp³-hybridized carbons (Fsp3) is 0.583. The van der Waals surface area contributed by atoms with Crippen LogP contribution in [0, 0.1) is 6.92 Å². The van der Waals surface area contributed by atoms with E-state index in [1.54, 1.807) is 6.07 Å². The molecule has 1 aliphatic rings. The lowest BCUT2D eigenvalue weighted by Gasteiger charge is -2.21. The number of nitrogens with zero attached hydrogens (tertiary/aromatic N) is 3. The molecule has 0 radical (unpaired) electrons. The van der Waals surface area contributed by atoms with Crippen LogP contribution in [0.5, 0.6) is 0 Å². The zero-order valence-corrected chi connectivity index (χ0v) is 11.5. The van der Waals surface area contributed by atoms with Crippen LogP contribution in [0.4, 0.5) is 5.95 Å². The predicted molar refractivity (Wildman–Crippen MR) is 74.9 cm³/mol. The molecule has 6 heteroatoms. The summed E-state index contributed by atoms with van der Waals surface area (Å²) in [6.45, 7) is 3.55. The van der Waals surface area contributed by atoms with Crippen molar-refractivity contribution in [2.45, 2.75) is 25.9 Å². The van der Waals surface area contributed by atoms with Gasteiger partial charge < -0.3 is 15.4 Å². The summed E-state index contributed by atoms with van der Waals surface area (Å²) in [7, 11) is 1.96. The standard InChI is InChI=1S/C12H18N4OS/c1-8-6-10(11(13)18)15-12(14-8)16(2)7-9-4-3-5-17-9/h6,9H,3-5,7H2,1-2H3,(H2,13,18). The highest BCUT2D eigenvalue weighted by Gasteiger charge is 2.19. The van der Waals surface area contributed by atoms with Crippen LogP contribution in [-0.2, 0) is 4.74 Å². The minimum atomic E-state index is 0.271. The van der Waals surface area contributed by atoms with Crippen molar-refractivity contribution in [2.75, 3.05) is 25.1 Å². The zero-order valence-electron chi connectivity index (χ0n) is 10.7. The first-order valence-corrected chi connectivity index (χ1v) is 6.45. The highest BCUT2D eigenvalue weighted by molar-refractivity contribution is 7.80. The van der Waals surface area contributed by atoms with Crippen molar-refractivity contribution in [3.8, 4) is 0 Å². The second-order valence-electron chi connectivity index (χ2n) is 4.57. The molecule has 0 bridgehead atoms. The number of ether oxygens (including phenoxy) is 1. The average Bonchev–Trinajstić information content (AvgIpc) is 2.80. The van der Waals surface area contributed by atoms with Gasteiger partial charge in [0, 0.05) is 25.9 Å². The van der Waals surface area contributed by atoms with E-state index in [4.69, 9.17) is 22.7 Å². The topological polar surface area (TPSA) is 64.3 Å². The van der Waals surface area contributed by atoms with E-state index in [0.717, 1.165) is 31.7 Å². The molecule has 2 N–H and O–H groups in total. The summed E-state index contributed by atoms with van der Waals surface area (Å²) in [5.41, 5.74) is 7.09. The number of rotatable bonds is 4. The van der Waals surface area contributed by atoms with Crippen molar-refractivity contribution in [3.63, 3.8) is 0 Å². The van der Waals surface area contributed by atoms with Crippen molar-refractivity contribution in [2.24, 2.45) is 5.73 Å². The Labute approximate surface area is 112 Å². The maximum absolute atomic E-state index is 5.61. The lowest BCUT2D eigenvalue weighted by atomic mass is 10.2. The van der Waals surface area contributed by atoms with Gasteiger partial charge in [0.15, 0.2) is 0 Å². The third-order valence-corrected chi connectivity index (χ3v) is 3.15. The molecular weight excluding hydrogens is 248 g/mol. The number of hydrogen-bond acceptors (Lipinski definition) is 5. The smallest absolute Gasteiger partial charge is 0.226 e. The Balaban J connectivity index is 2.13. The molecule has 1 unspecified atom stereocenters. The van der Waals surface area contributed by atoms with E-state index in [2.05, 4.69) is 9.97 Å². The van der Waals surface area contributed by atoms with Gasteiger partial charge in [0.2, 0.25) is 5.95 Å². The van der Waals surface area contributed by atoms with E-state index in [9.17, 15) is 0 Å². The van der Waals surface area contributed by atoms with Crippen LogP contribution in [0.15, 0.2) is 6.07 Å². The van der Waals surface area contributed by atoms with Crippen LogP contribution >= 0.6 is 12.2 Å². The molecule has 18 heavy (non-hydrogen) atoms. The molecule has 0 saturated carbocycles. The van der Waals surface area contributed by atoms with Gasteiger partial charge in [-0.25, -0.2) is 9.97 Å². The minimum absolute atomic E-state index is 0.271. The summed E-state index contributed by atoms with van der Waals surface area (Å²) in [5, 5.41) is 0. The van der Waals surface area contributed by atoms with Crippen LogP contribution in [0.2, 0.25) is 0 Å². The molecule has 1 atom stereocenters. The predicted octanol–water partition coefficient (Wildman–Crippen LogP) is 1.03. The lowest BCUT2D eigenvalue weighted by molar-refractivity contribution is 0.116. The van der Waals surface area contributed by atoms with Gasteiger partial charge in [0.1, 0.15) is 10.7 Å². The lowest BCUT2D eigenvalue weighted by Crippen LogP contribution is -2.30. The number of hydrogen-bond donors (Lipinski definition) is 1. The fourth-order valence-electron chi connectivity index (χ4n) is 2.03. The van der Waals surface area contributed by atoms with Gasteiger partial charge in [-0.2, -0.15) is 0 Å². The monoisotopic (exact) mass is 266 g/mol. The Morgan fingerprint density at radius 3 is 3.00 bits per heavy atom. The summed E-state index contributed by atoms with van der Waals surface area (Å²) < 4.78 is 5.61. The van der Waals surface area contributed by atoms with Gasteiger partial charge in [-0.05, 0) is 25.8 Å². The Bertz CT molecular complexity index is 446. The van der Waals surface area contributed by atoms with Crippen molar-refractivity contribution >= 4 is 23.2 Å². The molecule has 0 spiro atoms. The molecule has 5 nitrogen and oxygen atoms in total.